The molecule has 0 aliphatic rings. The molecule has 3 aromatic heterocycles. The van der Waals surface area contributed by atoms with Crippen molar-refractivity contribution >= 4 is 32.6 Å². The van der Waals surface area contributed by atoms with Gasteiger partial charge in [0.05, 0.1) is 22.8 Å². The Labute approximate surface area is 161 Å². The zero-order valence-corrected chi connectivity index (χ0v) is 15.9. The van der Waals surface area contributed by atoms with Crippen molar-refractivity contribution in [2.45, 2.75) is 26.3 Å². The molecule has 6 nitrogen and oxygen atoms in total. The molecule has 0 fully saturated rings. The zero-order valence-electron chi connectivity index (χ0n) is 15.0. The van der Waals surface area contributed by atoms with Gasteiger partial charge in [0.15, 0.2) is 10.9 Å². The first-order valence-corrected chi connectivity index (χ1v) is 9.77. The van der Waals surface area contributed by atoms with Gasteiger partial charge in [-0.2, -0.15) is 0 Å². The van der Waals surface area contributed by atoms with Crippen LogP contribution < -0.4 is 4.90 Å². The van der Waals surface area contributed by atoms with Gasteiger partial charge >= 0.3 is 0 Å². The second-order valence-corrected chi connectivity index (χ2v) is 7.25. The molecule has 0 aliphatic heterocycles. The Morgan fingerprint density at radius 3 is 3.00 bits per heavy atom. The van der Waals surface area contributed by atoms with Crippen LogP contribution in [-0.4, -0.2) is 27.0 Å². The molecule has 0 saturated heterocycles. The molecule has 0 radical (unpaired) electrons. The number of thiazole rings is 1. The van der Waals surface area contributed by atoms with Crippen LogP contribution in [0.15, 0.2) is 59.7 Å². The van der Waals surface area contributed by atoms with E-state index < -0.39 is 0 Å². The maximum atomic E-state index is 13.0. The van der Waals surface area contributed by atoms with Crippen molar-refractivity contribution in [2.75, 3.05) is 11.4 Å². The summed E-state index contributed by atoms with van der Waals surface area (Å²) >= 11 is 1.54. The van der Waals surface area contributed by atoms with Crippen LogP contribution in [0.5, 0.6) is 0 Å². The molecule has 138 valence electrons. The largest absolute Gasteiger partial charge is 0.459 e. The predicted octanol–water partition coefficient (Wildman–Crippen LogP) is 4.39. The van der Waals surface area contributed by atoms with Crippen molar-refractivity contribution in [1.82, 2.24) is 14.5 Å². The van der Waals surface area contributed by atoms with Crippen molar-refractivity contribution in [2.24, 2.45) is 0 Å². The molecule has 4 rings (SSSR count). The Morgan fingerprint density at radius 2 is 2.26 bits per heavy atom. The van der Waals surface area contributed by atoms with Crippen molar-refractivity contribution in [3.63, 3.8) is 0 Å². The smallest absolute Gasteiger partial charge is 0.295 e. The summed E-state index contributed by atoms with van der Waals surface area (Å²) in [7, 11) is 0. The van der Waals surface area contributed by atoms with Crippen LogP contribution in [0.2, 0.25) is 0 Å². The summed E-state index contributed by atoms with van der Waals surface area (Å²) in [6.07, 6.45) is 8.74. The number of carbonyl (C=O) groups excluding carboxylic acids is 1. The van der Waals surface area contributed by atoms with Gasteiger partial charge in [-0.1, -0.05) is 24.3 Å². The first-order chi connectivity index (χ1) is 13.2. The number of hydrogen-bond donors (Lipinski definition) is 0. The molecule has 27 heavy (non-hydrogen) atoms. The number of furan rings is 1. The minimum absolute atomic E-state index is 0.166. The molecule has 1 aromatic carbocycles. The van der Waals surface area contributed by atoms with E-state index in [2.05, 4.69) is 24.0 Å². The Balaban J connectivity index is 1.61. The predicted molar refractivity (Wildman–Crippen MR) is 106 cm³/mol. The third-order valence-corrected chi connectivity index (χ3v) is 5.46. The van der Waals surface area contributed by atoms with E-state index in [1.54, 1.807) is 40.9 Å². The maximum absolute atomic E-state index is 13.0. The van der Waals surface area contributed by atoms with Gasteiger partial charge in [0.1, 0.15) is 0 Å². The van der Waals surface area contributed by atoms with E-state index in [1.165, 1.54) is 11.8 Å². The molecule has 3 heterocycles. The number of amides is 1. The monoisotopic (exact) mass is 380 g/mol. The number of carbonyl (C=O) groups is 1. The number of fused-ring (bicyclic) bond motifs is 1. The molecule has 0 N–H and O–H groups in total. The van der Waals surface area contributed by atoms with Gasteiger partial charge in [-0.05, 0) is 42.7 Å². The number of nitrogens with zero attached hydrogens (tertiary/aromatic N) is 4. The molecule has 0 bridgehead atoms. The Morgan fingerprint density at radius 1 is 1.33 bits per heavy atom. The van der Waals surface area contributed by atoms with Crippen LogP contribution in [0.1, 0.15) is 29.5 Å². The van der Waals surface area contributed by atoms with Gasteiger partial charge < -0.3 is 8.98 Å². The molecule has 1 amide bonds. The molecule has 0 saturated carbocycles. The molecule has 0 spiro atoms. The molecule has 0 unspecified atom stereocenters. The molecular weight excluding hydrogens is 360 g/mol. The average molecular weight is 380 g/mol. The summed E-state index contributed by atoms with van der Waals surface area (Å²) in [5.74, 6) is 0.159. The highest BCUT2D eigenvalue weighted by Crippen LogP contribution is 2.31. The highest BCUT2D eigenvalue weighted by atomic mass is 32.1. The summed E-state index contributed by atoms with van der Waals surface area (Å²) in [5, 5.41) is 0.699. The first kappa shape index (κ1) is 17.5. The van der Waals surface area contributed by atoms with E-state index in [0.29, 0.717) is 17.4 Å². The lowest BCUT2D eigenvalue weighted by molar-refractivity contribution is 0.0959. The van der Waals surface area contributed by atoms with Crippen molar-refractivity contribution in [1.29, 1.82) is 0 Å². The summed E-state index contributed by atoms with van der Waals surface area (Å²) in [4.78, 5) is 23.4. The summed E-state index contributed by atoms with van der Waals surface area (Å²) < 4.78 is 8.43. The van der Waals surface area contributed by atoms with E-state index in [-0.39, 0.29) is 5.91 Å². The fourth-order valence-corrected chi connectivity index (χ4v) is 3.99. The van der Waals surface area contributed by atoms with Crippen LogP contribution in [-0.2, 0) is 13.0 Å². The van der Waals surface area contributed by atoms with E-state index in [0.717, 1.165) is 29.6 Å². The maximum Gasteiger partial charge on any atom is 0.295 e. The highest BCUT2D eigenvalue weighted by molar-refractivity contribution is 7.22. The van der Waals surface area contributed by atoms with Gasteiger partial charge in [0, 0.05) is 25.5 Å². The van der Waals surface area contributed by atoms with Crippen LogP contribution in [0, 0.1) is 0 Å². The number of benzene rings is 1. The summed E-state index contributed by atoms with van der Waals surface area (Å²) in [6.45, 7) is 3.47. The standard InChI is InChI=1S/C20H20N4O2S/c1-2-15-6-7-16-18(13-15)27-20(22-16)24(19(25)17-5-3-12-26-17)10-4-9-23-11-8-21-14-23/h3,5-8,11-14H,2,4,9-10H2,1H3. The quantitative estimate of drug-likeness (QED) is 0.477. The summed E-state index contributed by atoms with van der Waals surface area (Å²) in [5.41, 5.74) is 2.18. The topological polar surface area (TPSA) is 64.2 Å². The van der Waals surface area contributed by atoms with Crippen LogP contribution >= 0.6 is 11.3 Å². The third-order valence-electron chi connectivity index (χ3n) is 4.42. The lowest BCUT2D eigenvalue weighted by atomic mass is 10.2. The van der Waals surface area contributed by atoms with Gasteiger partial charge in [0.2, 0.25) is 0 Å². The molecule has 0 atom stereocenters. The van der Waals surface area contributed by atoms with Crippen molar-refractivity contribution in [3.8, 4) is 0 Å². The minimum atomic E-state index is -0.166. The Bertz CT molecular complexity index is 1020. The van der Waals surface area contributed by atoms with E-state index in [9.17, 15) is 4.79 Å². The summed E-state index contributed by atoms with van der Waals surface area (Å²) in [6, 6.07) is 9.67. The van der Waals surface area contributed by atoms with E-state index in [1.807, 2.05) is 16.8 Å². The van der Waals surface area contributed by atoms with Crippen LogP contribution in [0.4, 0.5) is 5.13 Å². The lowest BCUT2D eigenvalue weighted by Gasteiger charge is -2.18. The zero-order chi connectivity index (χ0) is 18.6. The molecule has 4 aromatic rings. The first-order valence-electron chi connectivity index (χ1n) is 8.95. The van der Waals surface area contributed by atoms with Gasteiger partial charge in [0.25, 0.3) is 5.91 Å². The van der Waals surface area contributed by atoms with Gasteiger partial charge in [-0.3, -0.25) is 9.69 Å². The average Bonchev–Trinajstić information content (AvgIpc) is 3.45. The molecular formula is C20H20N4O2S. The number of rotatable bonds is 7. The fraction of sp³-hybridized carbons (Fsp3) is 0.250. The number of aromatic nitrogens is 3. The fourth-order valence-electron chi connectivity index (χ4n) is 2.94. The van der Waals surface area contributed by atoms with Gasteiger partial charge in [-0.25, -0.2) is 9.97 Å². The SMILES string of the molecule is CCc1ccc2nc(N(CCCn3ccnc3)C(=O)c3ccco3)sc2c1. The van der Waals surface area contributed by atoms with Crippen LogP contribution in [0.3, 0.4) is 0 Å². The number of aryl methyl sites for hydroxylation is 2. The van der Waals surface area contributed by atoms with Crippen LogP contribution in [0.25, 0.3) is 10.2 Å². The number of hydrogen-bond acceptors (Lipinski definition) is 5. The lowest BCUT2D eigenvalue weighted by Crippen LogP contribution is -2.32. The van der Waals surface area contributed by atoms with E-state index in [4.69, 9.17) is 9.40 Å². The Hall–Kier alpha value is -2.93. The van der Waals surface area contributed by atoms with E-state index >= 15 is 0 Å². The number of imidazole rings is 1. The van der Waals surface area contributed by atoms with Gasteiger partial charge in [-0.15, -0.1) is 0 Å². The molecule has 7 heteroatoms. The Kier molecular flexibility index (Phi) is 5.02. The second kappa shape index (κ2) is 7.75. The minimum Gasteiger partial charge on any atom is -0.459 e. The van der Waals surface area contributed by atoms with Crippen molar-refractivity contribution < 1.29 is 9.21 Å². The number of anilines is 1. The second-order valence-electron chi connectivity index (χ2n) is 6.24. The normalized spacial score (nSPS) is 11.1. The highest BCUT2D eigenvalue weighted by Gasteiger charge is 2.23. The van der Waals surface area contributed by atoms with Crippen molar-refractivity contribution in [3.05, 3.63) is 66.6 Å². The third kappa shape index (κ3) is 3.78. The molecule has 0 aliphatic carbocycles.